The molecule has 5 unspecified atom stereocenters. The number of rotatable bonds is 4. The molecule has 12 bridgehead atoms. The summed E-state index contributed by atoms with van der Waals surface area (Å²) < 4.78 is 95.2. The molecule has 15 aliphatic rings. The highest BCUT2D eigenvalue weighted by molar-refractivity contribution is 5.70. The molecule has 2 spiro atoms. The highest BCUT2D eigenvalue weighted by atomic mass is 16.8. The van der Waals surface area contributed by atoms with Gasteiger partial charge in [-0.1, -0.05) is 40.9 Å². The largest absolute Gasteiger partial charge is 0.459 e. The molecule has 31 atom stereocenters. The van der Waals surface area contributed by atoms with E-state index in [0.717, 1.165) is 56.1 Å². The van der Waals surface area contributed by atoms with E-state index >= 15 is 0 Å². The molecule has 15 aliphatic heterocycles. The molecule has 0 saturated carbocycles. The van der Waals surface area contributed by atoms with E-state index in [0.29, 0.717) is 57.8 Å². The van der Waals surface area contributed by atoms with Crippen molar-refractivity contribution in [2.45, 2.75) is 301 Å². The van der Waals surface area contributed by atoms with Gasteiger partial charge in [0.1, 0.15) is 42.7 Å². The Labute approximate surface area is 446 Å². The maximum absolute atomic E-state index is 14.5. The van der Waals surface area contributed by atoms with Gasteiger partial charge in [-0.05, 0) is 86.7 Å². The first-order valence-electron chi connectivity index (χ1n) is 29.7. The first-order valence-corrected chi connectivity index (χ1v) is 29.7. The Morgan fingerprint density at radius 1 is 0.566 bits per heavy atom. The molecule has 76 heavy (non-hydrogen) atoms. The monoisotopic (exact) mass is 1070 g/mol. The summed E-state index contributed by atoms with van der Waals surface area (Å²) in [5.41, 5.74) is 2.14. The fourth-order valence-electron chi connectivity index (χ4n) is 17.2. The topological polar surface area (TPSA) is 207 Å². The molecule has 15 fully saturated rings. The predicted octanol–water partition coefficient (Wildman–Crippen LogP) is 4.81. The first kappa shape index (κ1) is 52.4. The van der Waals surface area contributed by atoms with Gasteiger partial charge in [0.2, 0.25) is 0 Å². The predicted molar refractivity (Wildman–Crippen MR) is 265 cm³/mol. The zero-order valence-electron chi connectivity index (χ0n) is 44.9. The SMILES string of the molecule is C=C1C2C[C@@H]3O[C@H]4C[C@H]5O[C@@]6(C[C@H](O)[C@H]([C@@H](C)CC7C[C@H](C)[C@@H]8O[C@H](CO)[C@H](O)CC8O7)O6)C[C@H]5O[C@H]4[C@H](C)[C@H]3OC(=O)C[C@H]3CC[C@@H]4OC5C6O[C@@H]7C[C@](CC[C@H]8CC(=C)[C@H](CC[C@@H](C[C@H]1C)O2)O8)(O[C@H]6[C@H]4O3)O[C@@H]57. The van der Waals surface area contributed by atoms with E-state index < -0.39 is 72.6 Å². The van der Waals surface area contributed by atoms with Gasteiger partial charge in [-0.2, -0.15) is 0 Å². The van der Waals surface area contributed by atoms with Crippen LogP contribution in [0.1, 0.15) is 137 Å². The van der Waals surface area contributed by atoms with Crippen molar-refractivity contribution in [3.8, 4) is 0 Å². The van der Waals surface area contributed by atoms with Crippen LogP contribution in [0.4, 0.5) is 0 Å². The minimum Gasteiger partial charge on any atom is -0.459 e. The third-order valence-corrected chi connectivity index (χ3v) is 21.1. The van der Waals surface area contributed by atoms with E-state index in [1.165, 1.54) is 0 Å². The number of carbonyl (C=O) groups excluding carboxylic acids is 1. The highest BCUT2D eigenvalue weighted by Crippen LogP contribution is 2.56. The van der Waals surface area contributed by atoms with Gasteiger partial charge in [0, 0.05) is 50.9 Å². The minimum atomic E-state index is -1.03. The van der Waals surface area contributed by atoms with Crippen molar-refractivity contribution in [1.29, 1.82) is 0 Å². The van der Waals surface area contributed by atoms with Gasteiger partial charge in [0.25, 0.3) is 0 Å². The van der Waals surface area contributed by atoms with Crippen molar-refractivity contribution >= 4 is 5.97 Å². The molecule has 0 aromatic heterocycles. The second kappa shape index (κ2) is 20.0. The number of aliphatic hydroxyl groups excluding tert-OH is 3. The molecule has 15 rings (SSSR count). The maximum atomic E-state index is 14.5. The Bertz CT molecular complexity index is 2200. The molecule has 424 valence electrons. The smallest absolute Gasteiger partial charge is 0.308 e. The Kier molecular flexibility index (Phi) is 13.8. The summed E-state index contributed by atoms with van der Waals surface area (Å²) in [7, 11) is 0. The van der Waals surface area contributed by atoms with Crippen molar-refractivity contribution in [3.63, 3.8) is 0 Å². The number of carbonyl (C=O) groups is 1. The van der Waals surface area contributed by atoms with Gasteiger partial charge in [0.15, 0.2) is 11.6 Å². The molecule has 0 aromatic rings. The van der Waals surface area contributed by atoms with E-state index in [2.05, 4.69) is 40.9 Å². The number of aliphatic hydroxyl groups is 3. The van der Waals surface area contributed by atoms with Crippen molar-refractivity contribution in [2.24, 2.45) is 23.7 Å². The number of hydrogen-bond acceptors (Lipinski definition) is 18. The van der Waals surface area contributed by atoms with Crippen LogP contribution in [0.15, 0.2) is 24.3 Å². The van der Waals surface area contributed by atoms with Gasteiger partial charge >= 0.3 is 5.97 Å². The Morgan fingerprint density at radius 3 is 2.16 bits per heavy atom. The summed E-state index contributed by atoms with van der Waals surface area (Å²) in [5.74, 6) is -2.12. The lowest BCUT2D eigenvalue weighted by molar-refractivity contribution is -0.293. The zero-order chi connectivity index (χ0) is 52.1. The molecule has 15 saturated heterocycles. The van der Waals surface area contributed by atoms with Gasteiger partial charge in [-0.3, -0.25) is 4.79 Å². The van der Waals surface area contributed by atoms with Crippen LogP contribution in [0.25, 0.3) is 0 Å². The van der Waals surface area contributed by atoms with Crippen LogP contribution in [0.5, 0.6) is 0 Å². The summed E-state index contributed by atoms with van der Waals surface area (Å²) in [4.78, 5) is 14.5. The van der Waals surface area contributed by atoms with E-state index in [1.54, 1.807) is 0 Å². The van der Waals surface area contributed by atoms with Crippen LogP contribution in [-0.4, -0.2) is 192 Å². The van der Waals surface area contributed by atoms with Crippen LogP contribution < -0.4 is 0 Å². The summed E-state index contributed by atoms with van der Waals surface area (Å²) in [6, 6.07) is 0. The number of esters is 1. The van der Waals surface area contributed by atoms with E-state index in [9.17, 15) is 20.1 Å². The fourth-order valence-corrected chi connectivity index (χ4v) is 17.2. The lowest BCUT2D eigenvalue weighted by atomic mass is 9.79. The summed E-state index contributed by atoms with van der Waals surface area (Å²) in [6.45, 7) is 17.4. The Morgan fingerprint density at radius 2 is 1.30 bits per heavy atom. The highest BCUT2D eigenvalue weighted by Gasteiger charge is 2.69. The lowest BCUT2D eigenvalue weighted by Gasteiger charge is -2.50. The molecule has 0 amide bonds. The van der Waals surface area contributed by atoms with E-state index in [1.807, 2.05) is 0 Å². The van der Waals surface area contributed by atoms with Crippen molar-refractivity contribution in [3.05, 3.63) is 24.3 Å². The molecule has 15 heterocycles. The van der Waals surface area contributed by atoms with Crippen molar-refractivity contribution < 1.29 is 86.4 Å². The number of ether oxygens (including phenoxy) is 14. The maximum Gasteiger partial charge on any atom is 0.308 e. The third-order valence-electron chi connectivity index (χ3n) is 21.1. The molecule has 18 nitrogen and oxygen atoms in total. The second-order valence-corrected chi connectivity index (χ2v) is 26.4. The molecule has 3 N–H and O–H groups in total. The minimum absolute atomic E-state index is 0.0138. The molecule has 0 aromatic carbocycles. The van der Waals surface area contributed by atoms with Crippen LogP contribution in [0, 0.1) is 23.7 Å². The standard InChI is InChI=1S/C58H84O18/c1-25-13-31-7-9-37-26(2)14-33(63-37)11-12-57-23-45-53(75-57)54-55(70-45)56(76-57)52-38(68-54)10-8-32(66-52)17-47(62)72-51-30(6)50-43(67-42(51)19-39(64-31)29(25)5)20-40-44(69-50)22-58(73-40)21-36(61)48(74-58)27(3)15-34-16-28(4)49-41(65-34)18-35(60)46(24-59)71-49/h25,27-28,30-46,48-56,59-61H,2,5,7-24H2,1,3-4,6H3/t25-,27+,28+,30+,31+,32-,33+,34?,35-,36+,37+,38+,39?,40-,41?,42+,43+,44-,45-,46-,48+,49+,50+,51-,52+,53-,54?,55?,56+,57+,58-/m1/s1. The number of fused-ring (bicyclic) bond motifs is 9. The third kappa shape index (κ3) is 9.26. The number of hydrogen-bond donors (Lipinski definition) is 3. The molecule has 18 heteroatoms. The quantitative estimate of drug-likeness (QED) is 0.255. The van der Waals surface area contributed by atoms with Gasteiger partial charge in [-0.25, -0.2) is 0 Å². The Hall–Kier alpha value is -1.69. The van der Waals surface area contributed by atoms with Crippen LogP contribution in [0.3, 0.4) is 0 Å². The summed E-state index contributed by atoms with van der Waals surface area (Å²) in [5, 5.41) is 32.0. The summed E-state index contributed by atoms with van der Waals surface area (Å²) >= 11 is 0. The molecule has 0 aliphatic carbocycles. The van der Waals surface area contributed by atoms with E-state index in [4.69, 9.17) is 66.3 Å². The van der Waals surface area contributed by atoms with Crippen molar-refractivity contribution in [2.75, 3.05) is 6.61 Å². The van der Waals surface area contributed by atoms with Gasteiger partial charge in [0.05, 0.1) is 123 Å². The zero-order valence-corrected chi connectivity index (χ0v) is 44.9. The average Bonchev–Trinajstić information content (AvgIpc) is 4.36. The molecular formula is C58H84O18. The second-order valence-electron chi connectivity index (χ2n) is 26.4. The van der Waals surface area contributed by atoms with Gasteiger partial charge < -0.3 is 81.6 Å². The fraction of sp³-hybridized carbons (Fsp3) is 0.914. The first-order chi connectivity index (χ1) is 36.6. The average molecular weight is 1070 g/mol. The Balaban J connectivity index is 0.681. The van der Waals surface area contributed by atoms with Crippen LogP contribution >= 0.6 is 0 Å². The van der Waals surface area contributed by atoms with Gasteiger partial charge in [-0.15, -0.1) is 0 Å². The van der Waals surface area contributed by atoms with Crippen LogP contribution in [0.2, 0.25) is 0 Å². The lowest BCUT2D eigenvalue weighted by Crippen LogP contribution is -2.62. The summed E-state index contributed by atoms with van der Waals surface area (Å²) in [6.07, 6.45) is 2.00. The molecule has 0 radical (unpaired) electrons. The van der Waals surface area contributed by atoms with Crippen LogP contribution in [-0.2, 0) is 71.1 Å². The van der Waals surface area contributed by atoms with E-state index in [-0.39, 0.29) is 134 Å². The molecular weight excluding hydrogens is 985 g/mol. The normalized spacial score (nSPS) is 57.0. The van der Waals surface area contributed by atoms with Crippen molar-refractivity contribution in [1.82, 2.24) is 0 Å².